The number of nitrogens with zero attached hydrogens (tertiary/aromatic N) is 1. The van der Waals surface area contributed by atoms with Gasteiger partial charge in [0.05, 0.1) is 10.6 Å². The van der Waals surface area contributed by atoms with Crippen LogP contribution < -0.4 is 14.9 Å². The van der Waals surface area contributed by atoms with Crippen molar-refractivity contribution in [2.75, 3.05) is 29.9 Å². The van der Waals surface area contributed by atoms with E-state index in [1.54, 1.807) is 32.9 Å². The molecule has 33 heavy (non-hydrogen) atoms. The van der Waals surface area contributed by atoms with Gasteiger partial charge in [0.2, 0.25) is 10.0 Å². The van der Waals surface area contributed by atoms with E-state index in [1.807, 2.05) is 12.1 Å². The van der Waals surface area contributed by atoms with Crippen molar-refractivity contribution < 1.29 is 22.7 Å². The fourth-order valence-electron chi connectivity index (χ4n) is 3.44. The number of anilines is 2. The number of benzene rings is 2. The average molecular weight is 494 g/mol. The summed E-state index contributed by atoms with van der Waals surface area (Å²) in [6.45, 7) is 6.61. The molecule has 8 nitrogen and oxygen atoms in total. The number of hydrogen-bond acceptors (Lipinski definition) is 6. The van der Waals surface area contributed by atoms with Crippen molar-refractivity contribution in [3.8, 4) is 0 Å². The molecular weight excluding hydrogens is 466 g/mol. The molecule has 178 valence electrons. The fourth-order valence-corrected chi connectivity index (χ4v) is 5.38. The maximum absolute atomic E-state index is 12.6. The zero-order valence-corrected chi connectivity index (χ0v) is 20.4. The van der Waals surface area contributed by atoms with Crippen LogP contribution in [-0.2, 0) is 19.6 Å². The Hall–Kier alpha value is -2.62. The molecule has 0 unspecified atom stereocenters. The predicted molar refractivity (Wildman–Crippen MR) is 128 cm³/mol. The van der Waals surface area contributed by atoms with Gasteiger partial charge < -0.3 is 15.0 Å². The van der Waals surface area contributed by atoms with E-state index in [0.29, 0.717) is 5.69 Å². The van der Waals surface area contributed by atoms with Crippen LogP contribution in [0, 0.1) is 0 Å². The number of nitrogens with one attached hydrogen (secondary N) is 2. The van der Waals surface area contributed by atoms with Crippen LogP contribution in [0.1, 0.15) is 44.0 Å². The Morgan fingerprint density at radius 2 is 1.70 bits per heavy atom. The summed E-state index contributed by atoms with van der Waals surface area (Å²) in [5.74, 6) is -1.34. The summed E-state index contributed by atoms with van der Waals surface area (Å²) in [4.78, 5) is 26.6. The zero-order valence-electron chi connectivity index (χ0n) is 18.9. The zero-order chi connectivity index (χ0) is 24.2. The van der Waals surface area contributed by atoms with Gasteiger partial charge in [-0.1, -0.05) is 11.6 Å². The summed E-state index contributed by atoms with van der Waals surface area (Å²) < 4.78 is 32.8. The number of amides is 1. The van der Waals surface area contributed by atoms with Gasteiger partial charge in [0, 0.05) is 30.0 Å². The first-order valence-electron chi connectivity index (χ1n) is 10.6. The molecule has 1 aliphatic rings. The summed E-state index contributed by atoms with van der Waals surface area (Å²) in [5.41, 5.74) is 0.929. The molecule has 0 aliphatic carbocycles. The van der Waals surface area contributed by atoms with E-state index in [4.69, 9.17) is 16.3 Å². The second-order valence-corrected chi connectivity index (χ2v) is 10.9. The largest absolute Gasteiger partial charge is 0.452 e. The monoisotopic (exact) mass is 493 g/mol. The van der Waals surface area contributed by atoms with Gasteiger partial charge in [-0.15, -0.1) is 0 Å². The van der Waals surface area contributed by atoms with E-state index >= 15 is 0 Å². The Kier molecular flexibility index (Phi) is 7.66. The molecular formula is C23H28ClN3O5S. The molecule has 0 bridgehead atoms. The number of carbonyl (C=O) groups excluding carboxylic acids is 2. The van der Waals surface area contributed by atoms with E-state index < -0.39 is 34.0 Å². The van der Waals surface area contributed by atoms with Crippen LogP contribution in [0.15, 0.2) is 47.4 Å². The molecule has 3 rings (SSSR count). The van der Waals surface area contributed by atoms with Gasteiger partial charge in [-0.3, -0.25) is 4.79 Å². The highest BCUT2D eigenvalue weighted by Crippen LogP contribution is 2.25. The van der Waals surface area contributed by atoms with Gasteiger partial charge in [0.15, 0.2) is 6.61 Å². The van der Waals surface area contributed by atoms with E-state index in [1.165, 1.54) is 25.0 Å². The van der Waals surface area contributed by atoms with Crippen LogP contribution in [0.4, 0.5) is 11.4 Å². The highest BCUT2D eigenvalue weighted by atomic mass is 35.5. The van der Waals surface area contributed by atoms with Crippen LogP contribution in [-0.4, -0.2) is 45.5 Å². The van der Waals surface area contributed by atoms with E-state index in [-0.39, 0.29) is 15.5 Å². The maximum atomic E-state index is 12.6. The molecule has 0 saturated carbocycles. The summed E-state index contributed by atoms with van der Waals surface area (Å²) >= 11 is 6.05. The number of carbonyl (C=O) groups is 2. The first-order chi connectivity index (χ1) is 15.4. The number of esters is 1. The van der Waals surface area contributed by atoms with Crippen molar-refractivity contribution in [3.05, 3.63) is 53.1 Å². The second kappa shape index (κ2) is 10.1. The van der Waals surface area contributed by atoms with Gasteiger partial charge in [-0.25, -0.2) is 17.9 Å². The molecule has 2 aromatic rings. The minimum atomic E-state index is -3.96. The van der Waals surface area contributed by atoms with Crippen LogP contribution in [0.25, 0.3) is 0 Å². The van der Waals surface area contributed by atoms with Gasteiger partial charge in [-0.05, 0) is 76.1 Å². The molecule has 2 N–H and O–H groups in total. The topological polar surface area (TPSA) is 105 Å². The van der Waals surface area contributed by atoms with Crippen LogP contribution in [0.3, 0.4) is 0 Å². The van der Waals surface area contributed by atoms with E-state index in [9.17, 15) is 18.0 Å². The third-order valence-electron chi connectivity index (χ3n) is 4.85. The average Bonchev–Trinajstić information content (AvgIpc) is 3.26. The SMILES string of the molecule is CC(C)(C)NS(=O)(=O)c1cc(C(=O)OCC(=O)Nc2ccc(N3CCCC3)cc2)ccc1Cl. The molecule has 0 radical (unpaired) electrons. The number of sulfonamides is 1. The van der Waals surface area contributed by atoms with E-state index in [0.717, 1.165) is 24.8 Å². The normalized spacial score (nSPS) is 14.2. The first kappa shape index (κ1) is 25.0. The molecule has 1 aliphatic heterocycles. The quantitative estimate of drug-likeness (QED) is 0.568. The van der Waals surface area contributed by atoms with Crippen molar-refractivity contribution in [1.29, 1.82) is 0 Å². The molecule has 10 heteroatoms. The lowest BCUT2D eigenvalue weighted by Crippen LogP contribution is -2.40. The molecule has 2 aromatic carbocycles. The Bertz CT molecular complexity index is 1120. The lowest BCUT2D eigenvalue weighted by Gasteiger charge is -2.21. The van der Waals surface area contributed by atoms with Gasteiger partial charge in [-0.2, -0.15) is 0 Å². The highest BCUT2D eigenvalue weighted by Gasteiger charge is 2.25. The summed E-state index contributed by atoms with van der Waals surface area (Å²) in [6.07, 6.45) is 2.36. The van der Waals surface area contributed by atoms with E-state index in [2.05, 4.69) is 14.9 Å². The predicted octanol–water partition coefficient (Wildman–Crippen LogP) is 3.81. The summed E-state index contributed by atoms with van der Waals surface area (Å²) in [6, 6.07) is 11.3. The Labute approximate surface area is 199 Å². The summed E-state index contributed by atoms with van der Waals surface area (Å²) in [7, 11) is -3.96. The second-order valence-electron chi connectivity index (χ2n) is 8.87. The lowest BCUT2D eigenvalue weighted by molar-refractivity contribution is -0.119. The smallest absolute Gasteiger partial charge is 0.338 e. The third-order valence-corrected chi connectivity index (χ3v) is 7.09. The lowest BCUT2D eigenvalue weighted by atomic mass is 10.1. The number of ether oxygens (including phenoxy) is 1. The van der Waals surface area contributed by atoms with Gasteiger partial charge in [0.1, 0.15) is 4.90 Å². The van der Waals surface area contributed by atoms with Crippen molar-refractivity contribution in [2.45, 2.75) is 44.0 Å². The molecule has 1 heterocycles. The number of halogens is 1. The molecule has 1 amide bonds. The minimum Gasteiger partial charge on any atom is -0.452 e. The molecule has 0 atom stereocenters. The van der Waals surface area contributed by atoms with Crippen LogP contribution in [0.5, 0.6) is 0 Å². The van der Waals surface area contributed by atoms with Crippen LogP contribution >= 0.6 is 11.6 Å². The number of rotatable bonds is 7. The molecule has 0 spiro atoms. The Morgan fingerprint density at radius 3 is 2.30 bits per heavy atom. The van der Waals surface area contributed by atoms with Gasteiger partial charge >= 0.3 is 5.97 Å². The standard InChI is InChI=1S/C23H28ClN3O5S/c1-23(2,3)26-33(30,31)20-14-16(6-11-19(20)24)22(29)32-15-21(28)25-17-7-9-18(10-8-17)27-12-4-5-13-27/h6-11,14,26H,4-5,12-13,15H2,1-3H3,(H,25,28). The van der Waals surface area contributed by atoms with Gasteiger partial charge in [0.25, 0.3) is 5.91 Å². The molecule has 1 saturated heterocycles. The fraction of sp³-hybridized carbons (Fsp3) is 0.391. The summed E-state index contributed by atoms with van der Waals surface area (Å²) in [5, 5.41) is 2.65. The van der Waals surface area contributed by atoms with Crippen molar-refractivity contribution in [2.24, 2.45) is 0 Å². The first-order valence-corrected chi connectivity index (χ1v) is 12.5. The highest BCUT2D eigenvalue weighted by molar-refractivity contribution is 7.89. The molecule has 0 aromatic heterocycles. The third kappa shape index (κ3) is 6.93. The van der Waals surface area contributed by atoms with Crippen molar-refractivity contribution >= 4 is 44.9 Å². The molecule has 1 fully saturated rings. The van der Waals surface area contributed by atoms with Crippen LogP contribution in [0.2, 0.25) is 5.02 Å². The minimum absolute atomic E-state index is 0.0292. The Morgan fingerprint density at radius 1 is 1.06 bits per heavy atom. The Balaban J connectivity index is 1.59. The van der Waals surface area contributed by atoms with Crippen molar-refractivity contribution in [3.63, 3.8) is 0 Å². The number of hydrogen-bond donors (Lipinski definition) is 2. The maximum Gasteiger partial charge on any atom is 0.338 e. The van der Waals surface area contributed by atoms with Crippen molar-refractivity contribution in [1.82, 2.24) is 4.72 Å².